The van der Waals surface area contributed by atoms with Crippen molar-refractivity contribution in [1.82, 2.24) is 14.8 Å². The van der Waals surface area contributed by atoms with Gasteiger partial charge in [0.05, 0.1) is 16.5 Å². The molecular formula is C23H19Cl2F2N3O4S. The third kappa shape index (κ3) is 5.44. The van der Waals surface area contributed by atoms with Crippen LogP contribution in [-0.4, -0.2) is 46.3 Å². The van der Waals surface area contributed by atoms with Crippen LogP contribution in [0.1, 0.15) is 50.5 Å². The van der Waals surface area contributed by atoms with E-state index in [2.05, 4.69) is 10.1 Å². The zero-order valence-electron chi connectivity index (χ0n) is 18.3. The van der Waals surface area contributed by atoms with Crippen LogP contribution in [0.2, 0.25) is 10.0 Å². The molecule has 1 aliphatic rings. The maximum Gasteiger partial charge on any atom is 0.282 e. The molecule has 184 valence electrons. The van der Waals surface area contributed by atoms with E-state index in [1.54, 1.807) is 19.1 Å². The van der Waals surface area contributed by atoms with Gasteiger partial charge >= 0.3 is 0 Å². The van der Waals surface area contributed by atoms with E-state index < -0.39 is 27.7 Å². The number of sulfone groups is 1. The minimum atomic E-state index is -3.10. The number of carbonyl (C=O) groups excluding carboxylic acids is 2. The lowest BCUT2D eigenvalue weighted by Crippen LogP contribution is -2.37. The molecular weight excluding hydrogens is 523 g/mol. The zero-order chi connectivity index (χ0) is 25.5. The van der Waals surface area contributed by atoms with Gasteiger partial charge in [-0.05, 0) is 54.3 Å². The van der Waals surface area contributed by atoms with Gasteiger partial charge in [0.15, 0.2) is 27.2 Å². The molecule has 12 heteroatoms. The topological polar surface area (TPSA) is 99.0 Å². The molecule has 0 amide bonds. The Labute approximate surface area is 210 Å². The second-order valence-corrected chi connectivity index (χ2v) is 11.4. The van der Waals surface area contributed by atoms with E-state index in [4.69, 9.17) is 23.2 Å². The summed E-state index contributed by atoms with van der Waals surface area (Å²) in [5.41, 5.74) is 0.351. The van der Waals surface area contributed by atoms with Crippen molar-refractivity contribution in [2.45, 2.75) is 26.2 Å². The van der Waals surface area contributed by atoms with E-state index in [0.29, 0.717) is 11.1 Å². The smallest absolute Gasteiger partial charge is 0.282 e. The number of aromatic nitrogens is 3. The molecule has 0 spiro atoms. The summed E-state index contributed by atoms with van der Waals surface area (Å²) in [5.74, 6) is -1.33. The first-order valence-electron chi connectivity index (χ1n) is 10.5. The van der Waals surface area contributed by atoms with E-state index in [0.717, 1.165) is 10.7 Å². The van der Waals surface area contributed by atoms with Gasteiger partial charge in [-0.3, -0.25) is 9.59 Å². The maximum absolute atomic E-state index is 13.4. The molecule has 0 saturated carbocycles. The van der Waals surface area contributed by atoms with Crippen LogP contribution in [0.15, 0.2) is 36.5 Å². The highest BCUT2D eigenvalue weighted by atomic mass is 35.5. The molecule has 0 radical (unpaired) electrons. The summed E-state index contributed by atoms with van der Waals surface area (Å²) < 4.78 is 50.7. The normalized spacial score (nSPS) is 15.3. The first kappa shape index (κ1) is 25.4. The minimum absolute atomic E-state index is 0.00277. The number of carbonyl (C=O) groups is 2. The van der Waals surface area contributed by atoms with E-state index in [-0.39, 0.29) is 63.2 Å². The van der Waals surface area contributed by atoms with Crippen LogP contribution in [0.3, 0.4) is 0 Å². The van der Waals surface area contributed by atoms with Gasteiger partial charge in [0.2, 0.25) is 0 Å². The molecule has 7 nitrogen and oxygen atoms in total. The fraction of sp³-hybridized carbons (Fsp3) is 0.304. The second kappa shape index (κ2) is 9.75. The summed E-state index contributed by atoms with van der Waals surface area (Å²) in [7, 11) is -3.10. The number of hydrogen-bond acceptors (Lipinski definition) is 6. The van der Waals surface area contributed by atoms with Crippen molar-refractivity contribution in [2.24, 2.45) is 5.92 Å². The van der Waals surface area contributed by atoms with Crippen molar-refractivity contribution in [2.75, 3.05) is 11.5 Å². The number of rotatable bonds is 8. The van der Waals surface area contributed by atoms with Crippen LogP contribution in [0.5, 0.6) is 0 Å². The van der Waals surface area contributed by atoms with Crippen molar-refractivity contribution in [3.8, 4) is 5.82 Å². The summed E-state index contributed by atoms with van der Waals surface area (Å²) in [6.45, 7) is 1.68. The second-order valence-electron chi connectivity index (χ2n) is 8.39. The van der Waals surface area contributed by atoms with Crippen molar-refractivity contribution in [3.63, 3.8) is 0 Å². The SMILES string of the molecule is Cc1cc(Cl)cc(C(=O)CC2CS(=O)(=O)C2)c1CC(=O)c1cc(C(F)F)nn1-c1ncccc1Cl. The Balaban J connectivity index is 1.69. The molecule has 3 aromatic rings. The van der Waals surface area contributed by atoms with Gasteiger partial charge in [0.1, 0.15) is 11.4 Å². The van der Waals surface area contributed by atoms with Gasteiger partial charge in [0.25, 0.3) is 6.43 Å². The predicted molar refractivity (Wildman–Crippen MR) is 127 cm³/mol. The van der Waals surface area contributed by atoms with Crippen molar-refractivity contribution >= 4 is 44.6 Å². The third-order valence-electron chi connectivity index (χ3n) is 5.71. The van der Waals surface area contributed by atoms with Crippen LogP contribution >= 0.6 is 23.2 Å². The summed E-state index contributed by atoms with van der Waals surface area (Å²) >= 11 is 12.3. The van der Waals surface area contributed by atoms with Gasteiger partial charge < -0.3 is 0 Å². The highest BCUT2D eigenvalue weighted by molar-refractivity contribution is 7.92. The Morgan fingerprint density at radius 1 is 1.17 bits per heavy atom. The highest BCUT2D eigenvalue weighted by Gasteiger charge is 2.35. The molecule has 0 N–H and O–H groups in total. The van der Waals surface area contributed by atoms with E-state index in [9.17, 15) is 26.8 Å². The van der Waals surface area contributed by atoms with Crippen LogP contribution in [0.25, 0.3) is 5.82 Å². The van der Waals surface area contributed by atoms with Crippen molar-refractivity contribution in [1.29, 1.82) is 0 Å². The molecule has 2 aromatic heterocycles. The van der Waals surface area contributed by atoms with Gasteiger partial charge in [-0.15, -0.1) is 0 Å². The molecule has 1 aliphatic heterocycles. The van der Waals surface area contributed by atoms with E-state index in [1.165, 1.54) is 18.3 Å². The fourth-order valence-electron chi connectivity index (χ4n) is 4.07. The molecule has 0 aliphatic carbocycles. The number of nitrogens with zero attached hydrogens (tertiary/aromatic N) is 3. The van der Waals surface area contributed by atoms with Crippen LogP contribution in [0.4, 0.5) is 8.78 Å². The Morgan fingerprint density at radius 2 is 1.89 bits per heavy atom. The number of hydrogen-bond donors (Lipinski definition) is 0. The lowest BCUT2D eigenvalue weighted by Gasteiger charge is -2.25. The number of ketones is 2. The zero-order valence-corrected chi connectivity index (χ0v) is 20.7. The summed E-state index contributed by atoms with van der Waals surface area (Å²) in [4.78, 5) is 30.4. The molecule has 0 unspecified atom stereocenters. The highest BCUT2D eigenvalue weighted by Crippen LogP contribution is 2.29. The first-order valence-corrected chi connectivity index (χ1v) is 13.1. The standard InChI is InChI=1S/C23H19Cl2F2N3O4S/c1-12-5-14(24)7-16(20(31)6-13-10-35(33,34)11-13)15(12)8-21(32)19-9-18(22(26)27)29-30(19)23-17(25)3-2-4-28-23/h2-5,7,9,13,22H,6,8,10-11H2,1H3. The largest absolute Gasteiger partial charge is 0.294 e. The number of Topliss-reactive ketones (excluding diaryl/α,β-unsaturated/α-hetero) is 2. The molecule has 1 saturated heterocycles. The van der Waals surface area contributed by atoms with Gasteiger partial charge in [-0.2, -0.15) is 5.10 Å². The number of aryl methyl sites for hydroxylation is 1. The molecule has 1 aromatic carbocycles. The molecule has 4 rings (SSSR count). The number of alkyl halides is 2. The van der Waals surface area contributed by atoms with Crippen molar-refractivity contribution < 1.29 is 26.8 Å². The summed E-state index contributed by atoms with van der Waals surface area (Å²) in [6, 6.07) is 7.04. The summed E-state index contributed by atoms with van der Waals surface area (Å²) in [6.07, 6.45) is -1.85. The Hall–Kier alpha value is -2.69. The maximum atomic E-state index is 13.4. The van der Waals surface area contributed by atoms with Crippen LogP contribution in [-0.2, 0) is 16.3 Å². The fourth-order valence-corrected chi connectivity index (χ4v) is 6.12. The molecule has 0 bridgehead atoms. The molecule has 1 fully saturated rings. The van der Waals surface area contributed by atoms with Crippen molar-refractivity contribution in [3.05, 3.63) is 74.7 Å². The van der Waals surface area contributed by atoms with E-state index >= 15 is 0 Å². The van der Waals surface area contributed by atoms with E-state index in [1.807, 2.05) is 0 Å². The first-order chi connectivity index (χ1) is 16.4. The van der Waals surface area contributed by atoms with Crippen LogP contribution < -0.4 is 0 Å². The Bertz CT molecular complexity index is 1430. The van der Waals surface area contributed by atoms with Gasteiger partial charge in [0, 0.05) is 29.6 Å². The number of pyridine rings is 1. The number of benzene rings is 1. The Morgan fingerprint density at radius 3 is 2.51 bits per heavy atom. The van der Waals surface area contributed by atoms with Gasteiger partial charge in [-0.25, -0.2) is 26.9 Å². The molecule has 3 heterocycles. The number of halogens is 4. The lowest BCUT2D eigenvalue weighted by molar-refractivity contribution is 0.0965. The third-order valence-corrected chi connectivity index (χ3v) is 8.18. The molecule has 35 heavy (non-hydrogen) atoms. The minimum Gasteiger partial charge on any atom is -0.294 e. The average Bonchev–Trinajstić information content (AvgIpc) is 3.20. The average molecular weight is 542 g/mol. The Kier molecular flexibility index (Phi) is 7.08. The predicted octanol–water partition coefficient (Wildman–Crippen LogP) is 4.86. The quantitative estimate of drug-likeness (QED) is 0.377. The van der Waals surface area contributed by atoms with Gasteiger partial charge in [-0.1, -0.05) is 23.2 Å². The monoisotopic (exact) mass is 541 g/mol. The van der Waals surface area contributed by atoms with Crippen LogP contribution in [0, 0.1) is 12.8 Å². The molecule has 0 atom stereocenters. The summed E-state index contributed by atoms with van der Waals surface area (Å²) in [5, 5.41) is 4.22. The lowest BCUT2D eigenvalue weighted by atomic mass is 9.91.